The van der Waals surface area contributed by atoms with Gasteiger partial charge in [0.05, 0.1) is 0 Å². The Morgan fingerprint density at radius 2 is 1.56 bits per heavy atom. The summed E-state index contributed by atoms with van der Waals surface area (Å²) in [4.78, 5) is 28.9. The summed E-state index contributed by atoms with van der Waals surface area (Å²) in [6.45, 7) is 0.0107. The zero-order chi connectivity index (χ0) is 25.3. The van der Waals surface area contributed by atoms with Crippen LogP contribution >= 0.6 is 23.2 Å². The van der Waals surface area contributed by atoms with Crippen LogP contribution in [0.2, 0.25) is 10.0 Å². The molecule has 3 aromatic rings. The van der Waals surface area contributed by atoms with Crippen LogP contribution in [0, 0.1) is 0 Å². The van der Waals surface area contributed by atoms with Gasteiger partial charge in [0, 0.05) is 29.1 Å². The Balaban J connectivity index is 1.61. The third-order valence-corrected chi connectivity index (χ3v) is 6.84. The number of carbonyl (C=O) groups excluding carboxylic acids is 2. The maximum absolute atomic E-state index is 13.6. The van der Waals surface area contributed by atoms with Gasteiger partial charge in [0.2, 0.25) is 5.91 Å². The van der Waals surface area contributed by atoms with Crippen molar-refractivity contribution in [2.24, 2.45) is 0 Å². The van der Waals surface area contributed by atoms with Gasteiger partial charge >= 0.3 is 0 Å². The third-order valence-electron chi connectivity index (χ3n) is 6.37. The fraction of sp³-hybridized carbons (Fsp3) is 0.310. The number of nitrogens with one attached hydrogen (secondary N) is 1. The Kier molecular flexibility index (Phi) is 9.26. The monoisotopic (exact) mass is 524 g/mol. The van der Waals surface area contributed by atoms with E-state index in [0.29, 0.717) is 22.2 Å². The average Bonchev–Trinajstić information content (AvgIpc) is 3.38. The number of rotatable bonds is 10. The highest BCUT2D eigenvalue weighted by atomic mass is 35.5. The van der Waals surface area contributed by atoms with Crippen LogP contribution < -0.4 is 10.1 Å². The molecule has 0 aliphatic heterocycles. The maximum Gasteiger partial charge on any atom is 0.261 e. The lowest BCUT2D eigenvalue weighted by molar-refractivity contribution is -0.143. The van der Waals surface area contributed by atoms with Gasteiger partial charge in [-0.3, -0.25) is 9.59 Å². The van der Waals surface area contributed by atoms with Gasteiger partial charge in [0.25, 0.3) is 5.91 Å². The van der Waals surface area contributed by atoms with Gasteiger partial charge in [-0.1, -0.05) is 84.6 Å². The van der Waals surface area contributed by atoms with Crippen molar-refractivity contribution in [1.29, 1.82) is 0 Å². The number of amides is 2. The lowest BCUT2D eigenvalue weighted by atomic mass is 10.0. The van der Waals surface area contributed by atoms with Crippen LogP contribution in [0.5, 0.6) is 5.75 Å². The molecule has 2 amide bonds. The van der Waals surface area contributed by atoms with E-state index < -0.39 is 6.04 Å². The fourth-order valence-corrected chi connectivity index (χ4v) is 4.93. The van der Waals surface area contributed by atoms with Gasteiger partial charge in [0.1, 0.15) is 11.8 Å². The second-order valence-corrected chi connectivity index (χ2v) is 9.97. The highest BCUT2D eigenvalue weighted by Crippen LogP contribution is 2.22. The molecule has 1 N–H and O–H groups in total. The molecule has 0 saturated heterocycles. The van der Waals surface area contributed by atoms with Gasteiger partial charge in [-0.2, -0.15) is 0 Å². The Bertz CT molecular complexity index is 1170. The van der Waals surface area contributed by atoms with Gasteiger partial charge < -0.3 is 15.0 Å². The van der Waals surface area contributed by atoms with Crippen molar-refractivity contribution in [3.05, 3.63) is 100 Å². The van der Waals surface area contributed by atoms with Crippen molar-refractivity contribution in [2.45, 2.75) is 50.7 Å². The summed E-state index contributed by atoms with van der Waals surface area (Å²) in [5, 5.41) is 4.29. The molecule has 1 fully saturated rings. The second-order valence-electron chi connectivity index (χ2n) is 9.09. The molecular formula is C29H30Cl2N2O3. The van der Waals surface area contributed by atoms with Crippen molar-refractivity contribution >= 4 is 35.0 Å². The van der Waals surface area contributed by atoms with Crippen LogP contribution in [-0.2, 0) is 22.6 Å². The Morgan fingerprint density at radius 1 is 0.889 bits per heavy atom. The average molecular weight is 525 g/mol. The predicted octanol–water partition coefficient (Wildman–Crippen LogP) is 6.07. The molecule has 3 aromatic carbocycles. The van der Waals surface area contributed by atoms with Crippen LogP contribution in [0.15, 0.2) is 78.9 Å². The Morgan fingerprint density at radius 3 is 2.25 bits per heavy atom. The molecule has 0 heterocycles. The first-order valence-corrected chi connectivity index (χ1v) is 13.0. The van der Waals surface area contributed by atoms with E-state index in [1.807, 2.05) is 48.5 Å². The van der Waals surface area contributed by atoms with E-state index in [-0.39, 0.29) is 31.0 Å². The normalized spacial score (nSPS) is 14.3. The molecule has 0 bridgehead atoms. The minimum absolute atomic E-state index is 0.140. The fourth-order valence-electron chi connectivity index (χ4n) is 4.54. The first-order chi connectivity index (χ1) is 17.5. The van der Waals surface area contributed by atoms with Crippen LogP contribution in [0.1, 0.15) is 36.8 Å². The van der Waals surface area contributed by atoms with Crippen LogP contribution in [0.3, 0.4) is 0 Å². The predicted molar refractivity (Wildman–Crippen MR) is 143 cm³/mol. The largest absolute Gasteiger partial charge is 0.484 e. The smallest absolute Gasteiger partial charge is 0.261 e. The number of ether oxygens (including phenoxy) is 1. The van der Waals surface area contributed by atoms with E-state index in [4.69, 9.17) is 27.9 Å². The van der Waals surface area contributed by atoms with Crippen molar-refractivity contribution in [3.8, 4) is 5.75 Å². The molecule has 0 spiro atoms. The van der Waals surface area contributed by atoms with Gasteiger partial charge in [-0.15, -0.1) is 0 Å². The van der Waals surface area contributed by atoms with E-state index >= 15 is 0 Å². The lowest BCUT2D eigenvalue weighted by Crippen LogP contribution is -2.53. The Labute approximate surface area is 222 Å². The molecule has 0 unspecified atom stereocenters. The van der Waals surface area contributed by atoms with E-state index in [9.17, 15) is 9.59 Å². The van der Waals surface area contributed by atoms with Crippen LogP contribution in [-0.4, -0.2) is 35.4 Å². The minimum Gasteiger partial charge on any atom is -0.484 e. The first-order valence-electron chi connectivity index (χ1n) is 12.2. The minimum atomic E-state index is -0.706. The molecule has 7 heteroatoms. The number of halogens is 2. The number of hydrogen-bond acceptors (Lipinski definition) is 3. The highest BCUT2D eigenvalue weighted by Gasteiger charge is 2.32. The number of benzene rings is 3. The molecule has 36 heavy (non-hydrogen) atoms. The third kappa shape index (κ3) is 7.49. The highest BCUT2D eigenvalue weighted by molar-refractivity contribution is 6.30. The summed E-state index contributed by atoms with van der Waals surface area (Å²) in [6.07, 6.45) is 4.52. The maximum atomic E-state index is 13.6. The van der Waals surface area contributed by atoms with Crippen LogP contribution in [0.25, 0.3) is 0 Å². The molecule has 1 saturated carbocycles. The number of nitrogens with zero attached hydrogens (tertiary/aromatic N) is 1. The lowest BCUT2D eigenvalue weighted by Gasteiger charge is -2.32. The topological polar surface area (TPSA) is 58.6 Å². The standard InChI is InChI=1S/C29H30Cl2N2O3/c30-23-11-6-10-22(16-23)19-33(28(34)20-36-26-15-7-12-24(31)18-26)27(17-21-8-2-1-3-9-21)29(35)32-25-13-4-5-14-25/h1-3,6-12,15-16,18,25,27H,4-5,13-14,17,19-20H2,(H,32,35)/t27-/m0/s1. The number of carbonyl (C=O) groups is 2. The molecule has 1 atom stereocenters. The zero-order valence-electron chi connectivity index (χ0n) is 20.0. The van der Waals surface area contributed by atoms with Gasteiger partial charge in [-0.05, 0) is 54.3 Å². The SMILES string of the molecule is O=C(NC1CCCC1)[C@H](Cc1ccccc1)N(Cc1cccc(Cl)c1)C(=O)COc1cccc(Cl)c1. The molecule has 1 aliphatic carbocycles. The van der Waals surface area contributed by atoms with Gasteiger partial charge in [-0.25, -0.2) is 0 Å². The molecule has 0 aromatic heterocycles. The first kappa shape index (κ1) is 26.1. The molecular weight excluding hydrogens is 495 g/mol. The van der Waals surface area contributed by atoms with Crippen molar-refractivity contribution in [2.75, 3.05) is 6.61 Å². The van der Waals surface area contributed by atoms with E-state index in [0.717, 1.165) is 36.8 Å². The number of hydrogen-bond donors (Lipinski definition) is 1. The molecule has 4 rings (SSSR count). The summed E-state index contributed by atoms with van der Waals surface area (Å²) in [5.41, 5.74) is 1.81. The summed E-state index contributed by atoms with van der Waals surface area (Å²) >= 11 is 12.3. The van der Waals surface area contributed by atoms with Gasteiger partial charge in [0.15, 0.2) is 6.61 Å². The molecule has 188 valence electrons. The quantitative estimate of drug-likeness (QED) is 0.350. The van der Waals surface area contributed by atoms with Crippen LogP contribution in [0.4, 0.5) is 0 Å². The second kappa shape index (κ2) is 12.8. The van der Waals surface area contributed by atoms with E-state index in [1.54, 1.807) is 35.2 Å². The van der Waals surface area contributed by atoms with Crippen molar-refractivity contribution < 1.29 is 14.3 Å². The van der Waals surface area contributed by atoms with Crippen molar-refractivity contribution in [3.63, 3.8) is 0 Å². The Hall–Kier alpha value is -3.02. The zero-order valence-corrected chi connectivity index (χ0v) is 21.5. The van der Waals surface area contributed by atoms with E-state index in [2.05, 4.69) is 5.32 Å². The summed E-state index contributed by atoms with van der Waals surface area (Å²) < 4.78 is 5.77. The molecule has 0 radical (unpaired) electrons. The summed E-state index contributed by atoms with van der Waals surface area (Å²) in [7, 11) is 0. The molecule has 1 aliphatic rings. The summed E-state index contributed by atoms with van der Waals surface area (Å²) in [6, 6.07) is 23.4. The van der Waals surface area contributed by atoms with Crippen molar-refractivity contribution in [1.82, 2.24) is 10.2 Å². The molecule has 5 nitrogen and oxygen atoms in total. The summed E-state index contributed by atoms with van der Waals surface area (Å²) in [5.74, 6) is 0.0508. The van der Waals surface area contributed by atoms with E-state index in [1.165, 1.54) is 0 Å².